The van der Waals surface area contributed by atoms with Crippen molar-refractivity contribution in [2.45, 2.75) is 12.3 Å². The van der Waals surface area contributed by atoms with Gasteiger partial charge in [-0.3, -0.25) is 15.0 Å². The van der Waals surface area contributed by atoms with Crippen molar-refractivity contribution in [3.05, 3.63) is 24.3 Å². The van der Waals surface area contributed by atoms with Gasteiger partial charge in [-0.25, -0.2) is 4.79 Å². The van der Waals surface area contributed by atoms with E-state index >= 15 is 0 Å². The summed E-state index contributed by atoms with van der Waals surface area (Å²) in [6.45, 7) is 1.50. The molecule has 0 saturated heterocycles. The highest BCUT2D eigenvalue weighted by Crippen LogP contribution is 2.19. The number of rotatable bonds is 3. The minimum atomic E-state index is -0.757. The Kier molecular flexibility index (Phi) is 4.97. The number of alkyl halides is 1. The van der Waals surface area contributed by atoms with Crippen molar-refractivity contribution >= 4 is 29.2 Å². The Morgan fingerprint density at radius 3 is 2.67 bits per heavy atom. The molecule has 3 amide bonds. The average molecular weight is 271 g/mol. The number of anilines is 1. The Morgan fingerprint density at radius 2 is 2.11 bits per heavy atom. The highest BCUT2D eigenvalue weighted by atomic mass is 35.5. The lowest BCUT2D eigenvalue weighted by Gasteiger charge is -2.18. The van der Waals surface area contributed by atoms with Crippen molar-refractivity contribution in [2.75, 3.05) is 19.1 Å². The minimum absolute atomic E-state index is 0.531. The number of carbonyl (C=O) groups is 2. The highest BCUT2D eigenvalue weighted by Gasteiger charge is 2.17. The van der Waals surface area contributed by atoms with E-state index in [-0.39, 0.29) is 0 Å². The maximum atomic E-state index is 11.8. The number of nitrogens with one attached hydrogen (secondary N) is 1. The van der Waals surface area contributed by atoms with Gasteiger partial charge in [0, 0.05) is 18.8 Å². The molecule has 0 aromatic heterocycles. The molecule has 98 valence electrons. The van der Waals surface area contributed by atoms with Crippen LogP contribution in [-0.4, -0.2) is 31.5 Å². The number of urea groups is 1. The number of benzene rings is 1. The predicted molar refractivity (Wildman–Crippen MR) is 70.3 cm³/mol. The van der Waals surface area contributed by atoms with Gasteiger partial charge in [-0.2, -0.15) is 0 Å². The summed E-state index contributed by atoms with van der Waals surface area (Å²) < 4.78 is 5.06. The monoisotopic (exact) mass is 270 g/mol. The quantitative estimate of drug-likeness (QED) is 0.855. The van der Waals surface area contributed by atoms with Crippen LogP contribution >= 0.6 is 11.6 Å². The molecule has 1 unspecified atom stereocenters. The highest BCUT2D eigenvalue weighted by molar-refractivity contribution is 6.31. The van der Waals surface area contributed by atoms with Crippen molar-refractivity contribution in [3.63, 3.8) is 0 Å². The summed E-state index contributed by atoms with van der Waals surface area (Å²) in [6.07, 6.45) is 0. The molecule has 0 spiro atoms. The number of hydrogen-bond acceptors (Lipinski definition) is 3. The summed E-state index contributed by atoms with van der Waals surface area (Å²) in [4.78, 5) is 24.4. The van der Waals surface area contributed by atoms with Crippen LogP contribution in [-0.2, 0) is 4.79 Å². The summed E-state index contributed by atoms with van der Waals surface area (Å²) in [5.74, 6) is 0.0978. The molecule has 0 radical (unpaired) electrons. The van der Waals surface area contributed by atoms with E-state index in [2.05, 4.69) is 5.32 Å². The van der Waals surface area contributed by atoms with E-state index in [4.69, 9.17) is 16.3 Å². The van der Waals surface area contributed by atoms with Crippen LogP contribution < -0.4 is 15.0 Å². The van der Waals surface area contributed by atoms with Gasteiger partial charge in [-0.05, 0) is 19.1 Å². The first-order valence-corrected chi connectivity index (χ1v) is 5.76. The first kappa shape index (κ1) is 14.3. The fourth-order valence-electron chi connectivity index (χ4n) is 1.23. The molecule has 0 heterocycles. The number of halogens is 1. The summed E-state index contributed by atoms with van der Waals surface area (Å²) in [5.41, 5.74) is 0.613. The number of amides is 3. The van der Waals surface area contributed by atoms with E-state index in [1.165, 1.54) is 18.9 Å². The molecule has 6 heteroatoms. The second-order valence-corrected chi connectivity index (χ2v) is 4.33. The lowest BCUT2D eigenvalue weighted by Crippen LogP contribution is -2.43. The van der Waals surface area contributed by atoms with Crippen LogP contribution in [0.4, 0.5) is 10.5 Å². The largest absolute Gasteiger partial charge is 0.497 e. The maximum Gasteiger partial charge on any atom is 0.328 e. The summed E-state index contributed by atoms with van der Waals surface area (Å²) in [5, 5.41) is 1.43. The van der Waals surface area contributed by atoms with Gasteiger partial charge in [0.1, 0.15) is 11.1 Å². The zero-order valence-electron chi connectivity index (χ0n) is 10.4. The third kappa shape index (κ3) is 3.63. The molecule has 0 bridgehead atoms. The molecular weight excluding hydrogens is 256 g/mol. The van der Waals surface area contributed by atoms with Crippen LogP contribution in [0.5, 0.6) is 5.75 Å². The Morgan fingerprint density at radius 1 is 1.44 bits per heavy atom. The van der Waals surface area contributed by atoms with Gasteiger partial charge in [0.05, 0.1) is 7.11 Å². The molecule has 1 aromatic rings. The predicted octanol–water partition coefficient (Wildman–Crippen LogP) is 1.99. The van der Waals surface area contributed by atoms with Crippen LogP contribution in [0.3, 0.4) is 0 Å². The van der Waals surface area contributed by atoms with E-state index < -0.39 is 17.3 Å². The molecule has 1 rings (SSSR count). The number of carbonyl (C=O) groups excluding carboxylic acids is 2. The van der Waals surface area contributed by atoms with Gasteiger partial charge in [0.15, 0.2) is 0 Å². The van der Waals surface area contributed by atoms with Crippen LogP contribution in [0, 0.1) is 0 Å². The topological polar surface area (TPSA) is 58.6 Å². The molecule has 0 aliphatic rings. The number of nitrogens with zero attached hydrogens (tertiary/aromatic N) is 1. The van der Waals surface area contributed by atoms with Gasteiger partial charge >= 0.3 is 6.03 Å². The second-order valence-electron chi connectivity index (χ2n) is 3.67. The average Bonchev–Trinajstić information content (AvgIpc) is 2.37. The normalized spacial score (nSPS) is 11.6. The molecule has 1 aromatic carbocycles. The SMILES string of the molecule is COc1cccc(N(C)C(=O)NC(=O)C(C)Cl)c1. The lowest BCUT2D eigenvalue weighted by atomic mass is 10.3. The van der Waals surface area contributed by atoms with E-state index in [9.17, 15) is 9.59 Å². The number of ether oxygens (including phenoxy) is 1. The number of methoxy groups -OCH3 is 1. The number of hydrogen-bond donors (Lipinski definition) is 1. The van der Waals surface area contributed by atoms with Crippen molar-refractivity contribution in [1.29, 1.82) is 0 Å². The Balaban J connectivity index is 2.76. The zero-order valence-corrected chi connectivity index (χ0v) is 11.2. The van der Waals surface area contributed by atoms with Crippen LogP contribution in [0.1, 0.15) is 6.92 Å². The zero-order chi connectivity index (χ0) is 13.7. The smallest absolute Gasteiger partial charge is 0.328 e. The summed E-state index contributed by atoms with van der Waals surface area (Å²) >= 11 is 5.57. The van der Waals surface area contributed by atoms with Gasteiger partial charge in [-0.1, -0.05) is 6.07 Å². The Bertz CT molecular complexity index is 449. The third-order valence-electron chi connectivity index (χ3n) is 2.34. The molecular formula is C12H15ClN2O3. The molecule has 0 aliphatic carbocycles. The van der Waals surface area contributed by atoms with E-state index in [0.29, 0.717) is 11.4 Å². The van der Waals surface area contributed by atoms with Gasteiger partial charge < -0.3 is 4.74 Å². The fourth-order valence-corrected chi connectivity index (χ4v) is 1.28. The van der Waals surface area contributed by atoms with E-state index in [0.717, 1.165) is 0 Å². The molecule has 18 heavy (non-hydrogen) atoms. The van der Waals surface area contributed by atoms with Gasteiger partial charge in [0.2, 0.25) is 5.91 Å². The van der Waals surface area contributed by atoms with Crippen LogP contribution in [0.2, 0.25) is 0 Å². The maximum absolute atomic E-state index is 11.8. The Labute approximate surface area is 111 Å². The van der Waals surface area contributed by atoms with Crippen molar-refractivity contribution in [3.8, 4) is 5.75 Å². The van der Waals surface area contributed by atoms with Gasteiger partial charge in [-0.15, -0.1) is 11.6 Å². The molecule has 1 N–H and O–H groups in total. The molecule has 1 atom stereocenters. The van der Waals surface area contributed by atoms with Crippen LogP contribution in [0.15, 0.2) is 24.3 Å². The van der Waals surface area contributed by atoms with E-state index in [1.54, 1.807) is 31.3 Å². The standard InChI is InChI=1S/C12H15ClN2O3/c1-8(13)11(16)14-12(17)15(2)9-5-4-6-10(7-9)18-3/h4-8H,1-3H3,(H,14,16,17). The van der Waals surface area contributed by atoms with Crippen molar-refractivity contribution in [2.24, 2.45) is 0 Å². The summed E-state index contributed by atoms with van der Waals surface area (Å²) in [6, 6.07) is 6.40. The van der Waals surface area contributed by atoms with Crippen molar-refractivity contribution < 1.29 is 14.3 Å². The lowest BCUT2D eigenvalue weighted by molar-refractivity contribution is -0.119. The molecule has 0 aliphatic heterocycles. The molecule has 0 saturated carbocycles. The van der Waals surface area contributed by atoms with E-state index in [1.807, 2.05) is 0 Å². The first-order chi connectivity index (χ1) is 8.45. The molecule has 5 nitrogen and oxygen atoms in total. The number of imide groups is 1. The summed E-state index contributed by atoms with van der Waals surface area (Å²) in [7, 11) is 3.09. The second kappa shape index (κ2) is 6.26. The third-order valence-corrected chi connectivity index (χ3v) is 2.53. The first-order valence-electron chi connectivity index (χ1n) is 5.32. The van der Waals surface area contributed by atoms with Crippen molar-refractivity contribution in [1.82, 2.24) is 5.32 Å². The minimum Gasteiger partial charge on any atom is -0.497 e. The fraction of sp³-hybridized carbons (Fsp3) is 0.333. The van der Waals surface area contributed by atoms with Crippen LogP contribution in [0.25, 0.3) is 0 Å². The molecule has 0 fully saturated rings. The Hall–Kier alpha value is -1.75. The van der Waals surface area contributed by atoms with Gasteiger partial charge in [0.25, 0.3) is 0 Å².